The number of nitrogens with one attached hydrogen (secondary N) is 1. The van der Waals surface area contributed by atoms with Gasteiger partial charge in [-0.2, -0.15) is 5.10 Å². The maximum Gasteiger partial charge on any atom is 0.257 e. The minimum atomic E-state index is -0.781. The molecule has 0 radical (unpaired) electrons. The van der Waals surface area contributed by atoms with Crippen molar-refractivity contribution >= 4 is 5.91 Å². The van der Waals surface area contributed by atoms with Crippen LogP contribution in [0.15, 0.2) is 36.7 Å². The molecular weight excluding hydrogens is 313 g/mol. The Hall–Kier alpha value is -2.25. The van der Waals surface area contributed by atoms with E-state index >= 15 is 0 Å². The van der Waals surface area contributed by atoms with Crippen LogP contribution >= 0.6 is 0 Å². The molecule has 24 heavy (non-hydrogen) atoms. The molecule has 6 nitrogen and oxygen atoms in total. The van der Waals surface area contributed by atoms with Gasteiger partial charge in [0.15, 0.2) is 0 Å². The summed E-state index contributed by atoms with van der Waals surface area (Å²) in [4.78, 5) is 14.0. The maximum absolute atomic E-state index is 13.4. The molecule has 3 atom stereocenters. The lowest BCUT2D eigenvalue weighted by Gasteiger charge is -2.25. The largest absolute Gasteiger partial charge is 0.388 e. The number of carbonyl (C=O) groups is 1. The Bertz CT molecular complexity index is 751. The highest BCUT2D eigenvalue weighted by Crippen LogP contribution is 2.42. The first-order valence-electron chi connectivity index (χ1n) is 7.93. The van der Waals surface area contributed by atoms with Gasteiger partial charge in [-0.3, -0.25) is 9.89 Å². The standard InChI is InChI=1S/C17H18FN3O3/c18-14-3-1-2-11(4-14)12-5-17(24-9-12)10-21(8-15(17)22)16(23)13-6-19-20-7-13/h1-4,6-7,12,15,22H,5,8-10H2,(H,19,20)/t12-,15+,17+/m0/s1. The van der Waals surface area contributed by atoms with Gasteiger partial charge in [0.1, 0.15) is 17.5 Å². The van der Waals surface area contributed by atoms with Crippen molar-refractivity contribution in [3.8, 4) is 0 Å². The number of H-pyrrole nitrogens is 1. The van der Waals surface area contributed by atoms with Crippen LogP contribution in [-0.4, -0.2) is 57.5 Å². The number of amides is 1. The molecule has 2 aliphatic rings. The van der Waals surface area contributed by atoms with Crippen molar-refractivity contribution in [2.45, 2.75) is 24.0 Å². The van der Waals surface area contributed by atoms with Gasteiger partial charge >= 0.3 is 0 Å². The molecule has 0 aliphatic carbocycles. The number of aromatic amines is 1. The van der Waals surface area contributed by atoms with E-state index in [-0.39, 0.29) is 24.2 Å². The zero-order valence-electron chi connectivity index (χ0n) is 13.0. The number of rotatable bonds is 2. The van der Waals surface area contributed by atoms with Gasteiger partial charge in [0.25, 0.3) is 5.91 Å². The molecule has 0 saturated carbocycles. The topological polar surface area (TPSA) is 78.5 Å². The van der Waals surface area contributed by atoms with Gasteiger partial charge in [0, 0.05) is 18.7 Å². The number of ether oxygens (including phenoxy) is 1. The molecule has 0 unspecified atom stereocenters. The zero-order valence-corrected chi connectivity index (χ0v) is 13.0. The van der Waals surface area contributed by atoms with E-state index in [0.29, 0.717) is 25.1 Å². The fourth-order valence-corrected chi connectivity index (χ4v) is 3.69. The van der Waals surface area contributed by atoms with Crippen molar-refractivity contribution in [1.82, 2.24) is 15.1 Å². The van der Waals surface area contributed by atoms with Gasteiger partial charge in [-0.05, 0) is 24.1 Å². The van der Waals surface area contributed by atoms with Crippen LogP contribution in [0.25, 0.3) is 0 Å². The lowest BCUT2D eigenvalue weighted by Crippen LogP contribution is -2.41. The molecule has 1 spiro atoms. The fraction of sp³-hybridized carbons (Fsp3) is 0.412. The monoisotopic (exact) mass is 331 g/mol. The highest BCUT2D eigenvalue weighted by molar-refractivity contribution is 5.94. The fourth-order valence-electron chi connectivity index (χ4n) is 3.69. The van der Waals surface area contributed by atoms with E-state index in [1.165, 1.54) is 24.5 Å². The van der Waals surface area contributed by atoms with Crippen LogP contribution in [-0.2, 0) is 4.74 Å². The van der Waals surface area contributed by atoms with Crippen LogP contribution in [0.5, 0.6) is 0 Å². The SMILES string of the molecule is O=C(c1cn[nH]c1)N1C[C@@H](O)[C@@]2(C[C@H](c3cccc(F)c3)CO2)C1. The highest BCUT2D eigenvalue weighted by atomic mass is 19.1. The van der Waals surface area contributed by atoms with Crippen LogP contribution in [0.4, 0.5) is 4.39 Å². The summed E-state index contributed by atoms with van der Waals surface area (Å²) >= 11 is 0. The van der Waals surface area contributed by atoms with Crippen molar-refractivity contribution < 1.29 is 19.0 Å². The molecule has 7 heteroatoms. The summed E-state index contributed by atoms with van der Waals surface area (Å²) in [5.41, 5.74) is 0.536. The van der Waals surface area contributed by atoms with Gasteiger partial charge in [0.05, 0.1) is 24.9 Å². The van der Waals surface area contributed by atoms with Crippen LogP contribution < -0.4 is 0 Å². The number of halogens is 1. The Balaban J connectivity index is 1.51. The highest BCUT2D eigenvalue weighted by Gasteiger charge is 2.53. The van der Waals surface area contributed by atoms with Crippen LogP contribution in [0.3, 0.4) is 0 Å². The van der Waals surface area contributed by atoms with E-state index in [1.54, 1.807) is 11.0 Å². The van der Waals surface area contributed by atoms with Crippen molar-refractivity contribution in [2.75, 3.05) is 19.7 Å². The Kier molecular flexibility index (Phi) is 3.62. The molecule has 1 aromatic carbocycles. The minimum Gasteiger partial charge on any atom is -0.388 e. The second kappa shape index (κ2) is 5.68. The Morgan fingerprint density at radius 1 is 1.50 bits per heavy atom. The van der Waals surface area contributed by atoms with Crippen molar-refractivity contribution in [3.63, 3.8) is 0 Å². The molecule has 3 heterocycles. The van der Waals surface area contributed by atoms with Crippen molar-refractivity contribution in [3.05, 3.63) is 53.6 Å². The van der Waals surface area contributed by atoms with E-state index in [1.807, 2.05) is 6.07 Å². The molecular formula is C17H18FN3O3. The van der Waals surface area contributed by atoms with Gasteiger partial charge in [0.2, 0.25) is 0 Å². The minimum absolute atomic E-state index is 0.0133. The molecule has 2 aliphatic heterocycles. The summed E-state index contributed by atoms with van der Waals surface area (Å²) in [6.45, 7) is 0.956. The number of aliphatic hydroxyl groups is 1. The second-order valence-corrected chi connectivity index (χ2v) is 6.52. The summed E-state index contributed by atoms with van der Waals surface area (Å²) in [5.74, 6) is -0.450. The Labute approximate surface area is 138 Å². The molecule has 2 N–H and O–H groups in total. The third kappa shape index (κ3) is 2.50. The zero-order chi connectivity index (χ0) is 16.7. The van der Waals surface area contributed by atoms with Gasteiger partial charge < -0.3 is 14.7 Å². The van der Waals surface area contributed by atoms with Crippen LogP contribution in [0.1, 0.15) is 28.3 Å². The van der Waals surface area contributed by atoms with Crippen LogP contribution in [0, 0.1) is 5.82 Å². The second-order valence-electron chi connectivity index (χ2n) is 6.52. The molecule has 2 fully saturated rings. The van der Waals surface area contributed by atoms with E-state index in [9.17, 15) is 14.3 Å². The summed E-state index contributed by atoms with van der Waals surface area (Å²) in [7, 11) is 0. The van der Waals surface area contributed by atoms with Gasteiger partial charge in [-0.25, -0.2) is 4.39 Å². The van der Waals surface area contributed by atoms with E-state index in [0.717, 1.165) is 5.56 Å². The van der Waals surface area contributed by atoms with Crippen LogP contribution in [0.2, 0.25) is 0 Å². The summed E-state index contributed by atoms with van der Waals surface area (Å²) in [6.07, 6.45) is 2.80. The number of aliphatic hydroxyl groups excluding tert-OH is 1. The molecule has 2 saturated heterocycles. The first-order valence-corrected chi connectivity index (χ1v) is 7.93. The molecule has 1 amide bonds. The summed E-state index contributed by atoms with van der Waals surface area (Å²) < 4.78 is 19.4. The number of hydrogen-bond acceptors (Lipinski definition) is 4. The smallest absolute Gasteiger partial charge is 0.257 e. The third-order valence-electron chi connectivity index (χ3n) is 4.98. The predicted molar refractivity (Wildman–Crippen MR) is 82.9 cm³/mol. The molecule has 1 aromatic heterocycles. The maximum atomic E-state index is 13.4. The van der Waals surface area contributed by atoms with Gasteiger partial charge in [-0.1, -0.05) is 12.1 Å². The number of aromatic nitrogens is 2. The predicted octanol–water partition coefficient (Wildman–Crippen LogP) is 1.31. The lowest BCUT2D eigenvalue weighted by molar-refractivity contribution is -0.0591. The number of likely N-dealkylation sites (tertiary alicyclic amines) is 1. The third-order valence-corrected chi connectivity index (χ3v) is 4.98. The summed E-state index contributed by atoms with van der Waals surface area (Å²) in [6, 6.07) is 6.45. The van der Waals surface area contributed by atoms with E-state index in [2.05, 4.69) is 10.2 Å². The van der Waals surface area contributed by atoms with Crippen molar-refractivity contribution in [1.29, 1.82) is 0 Å². The lowest BCUT2D eigenvalue weighted by atomic mass is 9.87. The number of β-amino-alcohol motifs (C(OH)–C–C–N with tert-alkyl or cyclic N) is 1. The first kappa shape index (κ1) is 15.3. The number of nitrogens with zero attached hydrogens (tertiary/aromatic N) is 2. The van der Waals surface area contributed by atoms with Gasteiger partial charge in [-0.15, -0.1) is 0 Å². The Morgan fingerprint density at radius 2 is 2.38 bits per heavy atom. The van der Waals surface area contributed by atoms with E-state index < -0.39 is 11.7 Å². The molecule has 126 valence electrons. The average molecular weight is 331 g/mol. The molecule has 0 bridgehead atoms. The van der Waals surface area contributed by atoms with E-state index in [4.69, 9.17) is 4.74 Å². The number of hydrogen-bond donors (Lipinski definition) is 2. The quantitative estimate of drug-likeness (QED) is 0.870. The molecule has 2 aromatic rings. The molecule has 4 rings (SSSR count). The normalized spacial score (nSPS) is 29.5. The van der Waals surface area contributed by atoms with Crippen molar-refractivity contribution in [2.24, 2.45) is 0 Å². The summed E-state index contributed by atoms with van der Waals surface area (Å²) in [5, 5.41) is 16.9. The Morgan fingerprint density at radius 3 is 3.12 bits per heavy atom. The average Bonchev–Trinajstić information content (AvgIpc) is 3.30. The number of benzene rings is 1. The first-order chi connectivity index (χ1) is 11.6. The number of carbonyl (C=O) groups excluding carboxylic acids is 1.